The van der Waals surface area contributed by atoms with Crippen molar-refractivity contribution >= 4 is 38.6 Å². The third-order valence-corrected chi connectivity index (χ3v) is 4.01. The van der Waals surface area contributed by atoms with Crippen molar-refractivity contribution < 1.29 is 13.6 Å². The van der Waals surface area contributed by atoms with E-state index in [1.807, 2.05) is 24.3 Å². The van der Waals surface area contributed by atoms with Crippen molar-refractivity contribution in [3.63, 3.8) is 0 Å². The molecule has 4 aromatic rings. The number of aromatic nitrogens is 1. The predicted octanol–water partition coefficient (Wildman–Crippen LogP) is 5.10. The molecule has 118 valence electrons. The first kappa shape index (κ1) is 14.7. The molecule has 6 heteroatoms. The maximum Gasteiger partial charge on any atom is 0.291 e. The van der Waals surface area contributed by atoms with Gasteiger partial charge in [-0.25, -0.2) is 4.98 Å². The molecule has 0 saturated carbocycles. The number of carbonyl (C=O) groups is 1. The highest BCUT2D eigenvalue weighted by molar-refractivity contribution is 9.10. The first-order valence-electron chi connectivity index (χ1n) is 7.20. The van der Waals surface area contributed by atoms with Crippen molar-refractivity contribution in [1.82, 2.24) is 4.98 Å². The summed E-state index contributed by atoms with van der Waals surface area (Å²) in [5, 5.41) is 2.77. The Morgan fingerprint density at radius 3 is 2.67 bits per heavy atom. The third kappa shape index (κ3) is 2.83. The molecule has 0 atom stereocenters. The number of oxazole rings is 1. The Hall–Kier alpha value is -2.86. The fraction of sp³-hybridized carbons (Fsp3) is 0. The topological polar surface area (TPSA) is 68.3 Å². The van der Waals surface area contributed by atoms with Gasteiger partial charge in [0.1, 0.15) is 5.52 Å². The Bertz CT molecular complexity index is 1000. The molecule has 2 aromatic heterocycles. The highest BCUT2D eigenvalue weighted by Crippen LogP contribution is 2.27. The second-order valence-corrected chi connectivity index (χ2v) is 6.06. The van der Waals surface area contributed by atoms with Gasteiger partial charge in [-0.15, -0.1) is 0 Å². The van der Waals surface area contributed by atoms with Gasteiger partial charge in [0.2, 0.25) is 5.89 Å². The van der Waals surface area contributed by atoms with Crippen LogP contribution in [0.25, 0.3) is 22.6 Å². The SMILES string of the molecule is O=C(Nc1ccc2oc(-c3ccc(Br)cc3)nc2c1)c1ccco1. The summed E-state index contributed by atoms with van der Waals surface area (Å²) in [6.45, 7) is 0. The molecule has 0 spiro atoms. The van der Waals surface area contributed by atoms with E-state index in [4.69, 9.17) is 8.83 Å². The van der Waals surface area contributed by atoms with Crippen molar-refractivity contribution in [2.45, 2.75) is 0 Å². The fourth-order valence-corrected chi connectivity index (χ4v) is 2.59. The lowest BCUT2D eigenvalue weighted by Crippen LogP contribution is -2.10. The van der Waals surface area contributed by atoms with Crippen molar-refractivity contribution in [2.75, 3.05) is 5.32 Å². The van der Waals surface area contributed by atoms with Gasteiger partial charge in [0, 0.05) is 15.7 Å². The molecule has 24 heavy (non-hydrogen) atoms. The highest BCUT2D eigenvalue weighted by Gasteiger charge is 2.12. The zero-order valence-corrected chi connectivity index (χ0v) is 13.9. The zero-order chi connectivity index (χ0) is 16.5. The van der Waals surface area contributed by atoms with Crippen LogP contribution in [0.1, 0.15) is 10.6 Å². The summed E-state index contributed by atoms with van der Waals surface area (Å²) in [4.78, 5) is 16.5. The summed E-state index contributed by atoms with van der Waals surface area (Å²) < 4.78 is 11.8. The molecule has 0 saturated heterocycles. The molecule has 0 bridgehead atoms. The molecule has 2 aromatic carbocycles. The van der Waals surface area contributed by atoms with Crippen molar-refractivity contribution in [1.29, 1.82) is 0 Å². The van der Waals surface area contributed by atoms with E-state index in [1.54, 1.807) is 30.3 Å². The average molecular weight is 383 g/mol. The molecule has 5 nitrogen and oxygen atoms in total. The van der Waals surface area contributed by atoms with Gasteiger partial charge in [-0.05, 0) is 54.6 Å². The number of benzene rings is 2. The number of nitrogens with zero attached hydrogens (tertiary/aromatic N) is 1. The Kier molecular flexibility index (Phi) is 3.66. The quantitative estimate of drug-likeness (QED) is 0.534. The van der Waals surface area contributed by atoms with E-state index in [0.717, 1.165) is 10.0 Å². The maximum absolute atomic E-state index is 12.0. The summed E-state index contributed by atoms with van der Waals surface area (Å²) in [7, 11) is 0. The van der Waals surface area contributed by atoms with Crippen LogP contribution in [0.4, 0.5) is 5.69 Å². The number of furan rings is 1. The predicted molar refractivity (Wildman–Crippen MR) is 93.8 cm³/mol. The first-order valence-corrected chi connectivity index (χ1v) is 8.00. The van der Waals surface area contributed by atoms with E-state index >= 15 is 0 Å². The van der Waals surface area contributed by atoms with Crippen molar-refractivity contribution in [3.8, 4) is 11.5 Å². The number of anilines is 1. The number of hydrogen-bond acceptors (Lipinski definition) is 4. The van der Waals surface area contributed by atoms with Crippen LogP contribution in [0.3, 0.4) is 0 Å². The minimum atomic E-state index is -0.309. The average Bonchev–Trinajstić information content (AvgIpc) is 3.24. The van der Waals surface area contributed by atoms with Gasteiger partial charge in [0.25, 0.3) is 5.91 Å². The molecule has 0 aliphatic carbocycles. The minimum absolute atomic E-state index is 0.255. The summed E-state index contributed by atoms with van der Waals surface area (Å²) in [5.74, 6) is 0.480. The van der Waals surface area contributed by atoms with Crippen LogP contribution in [0, 0.1) is 0 Å². The molecule has 1 N–H and O–H groups in total. The molecule has 0 unspecified atom stereocenters. The molecule has 4 rings (SSSR count). The summed E-state index contributed by atoms with van der Waals surface area (Å²) in [6, 6.07) is 16.3. The second kappa shape index (κ2) is 5.98. The Labute approximate surface area is 145 Å². The van der Waals surface area contributed by atoms with Crippen LogP contribution in [0.15, 0.2) is 74.2 Å². The number of nitrogens with one attached hydrogen (secondary N) is 1. The molecule has 0 aliphatic rings. The molecule has 0 aliphatic heterocycles. The highest BCUT2D eigenvalue weighted by atomic mass is 79.9. The van der Waals surface area contributed by atoms with E-state index in [9.17, 15) is 4.79 Å². The van der Waals surface area contributed by atoms with Crippen LogP contribution in [-0.2, 0) is 0 Å². The van der Waals surface area contributed by atoms with Crippen molar-refractivity contribution in [2.24, 2.45) is 0 Å². The smallest absolute Gasteiger partial charge is 0.291 e. The van der Waals surface area contributed by atoms with E-state index in [2.05, 4.69) is 26.2 Å². The molecule has 1 amide bonds. The number of amides is 1. The molecule has 0 radical (unpaired) electrons. The second-order valence-electron chi connectivity index (χ2n) is 5.14. The lowest BCUT2D eigenvalue weighted by atomic mass is 10.2. The molecular weight excluding hydrogens is 372 g/mol. The number of halogens is 1. The van der Waals surface area contributed by atoms with Crippen LogP contribution >= 0.6 is 15.9 Å². The Morgan fingerprint density at radius 2 is 1.92 bits per heavy atom. The van der Waals surface area contributed by atoms with Gasteiger partial charge in [-0.3, -0.25) is 4.79 Å². The minimum Gasteiger partial charge on any atom is -0.459 e. The summed E-state index contributed by atoms with van der Waals surface area (Å²) >= 11 is 3.40. The van der Waals surface area contributed by atoms with Gasteiger partial charge in [0.05, 0.1) is 6.26 Å². The number of fused-ring (bicyclic) bond motifs is 1. The Balaban J connectivity index is 1.63. The van der Waals surface area contributed by atoms with Gasteiger partial charge in [-0.2, -0.15) is 0 Å². The summed E-state index contributed by atoms with van der Waals surface area (Å²) in [6.07, 6.45) is 1.46. The van der Waals surface area contributed by atoms with Gasteiger partial charge >= 0.3 is 0 Å². The van der Waals surface area contributed by atoms with Gasteiger partial charge in [-0.1, -0.05) is 15.9 Å². The number of carbonyl (C=O) groups excluding carboxylic acids is 1. The van der Waals surface area contributed by atoms with Crippen LogP contribution in [0.5, 0.6) is 0 Å². The maximum atomic E-state index is 12.0. The normalized spacial score (nSPS) is 10.9. The van der Waals surface area contributed by atoms with Crippen LogP contribution < -0.4 is 5.32 Å². The van der Waals surface area contributed by atoms with Crippen molar-refractivity contribution in [3.05, 3.63) is 71.1 Å². The standard InChI is InChI=1S/C18H11BrN2O3/c19-12-5-3-11(4-6-12)18-21-14-10-13(7-8-15(14)24-18)20-17(22)16-2-1-9-23-16/h1-10H,(H,20,22). The molecular formula is C18H11BrN2O3. The van der Waals surface area contributed by atoms with E-state index in [-0.39, 0.29) is 11.7 Å². The lowest BCUT2D eigenvalue weighted by Gasteiger charge is -2.01. The fourth-order valence-electron chi connectivity index (χ4n) is 2.32. The van der Waals surface area contributed by atoms with Crippen LogP contribution in [0.2, 0.25) is 0 Å². The summed E-state index contributed by atoms with van der Waals surface area (Å²) in [5.41, 5.74) is 2.84. The Morgan fingerprint density at radius 1 is 1.08 bits per heavy atom. The number of hydrogen-bond donors (Lipinski definition) is 1. The first-order chi connectivity index (χ1) is 11.7. The van der Waals surface area contributed by atoms with E-state index < -0.39 is 0 Å². The van der Waals surface area contributed by atoms with Crippen LogP contribution in [-0.4, -0.2) is 10.9 Å². The molecule has 0 fully saturated rings. The van der Waals surface area contributed by atoms with Gasteiger partial charge < -0.3 is 14.2 Å². The third-order valence-electron chi connectivity index (χ3n) is 3.48. The zero-order valence-electron chi connectivity index (χ0n) is 12.3. The van der Waals surface area contributed by atoms with Gasteiger partial charge in [0.15, 0.2) is 11.3 Å². The number of rotatable bonds is 3. The largest absolute Gasteiger partial charge is 0.459 e. The molecule has 2 heterocycles. The van der Waals surface area contributed by atoms with E-state index in [1.165, 1.54) is 6.26 Å². The lowest BCUT2D eigenvalue weighted by molar-refractivity contribution is 0.0996. The monoisotopic (exact) mass is 382 g/mol. The van der Waals surface area contributed by atoms with E-state index in [0.29, 0.717) is 22.7 Å².